The van der Waals surface area contributed by atoms with Gasteiger partial charge in [0.2, 0.25) is 0 Å². The van der Waals surface area contributed by atoms with E-state index in [1.54, 1.807) is 25.6 Å². The van der Waals surface area contributed by atoms with Crippen molar-refractivity contribution in [2.24, 2.45) is 7.05 Å². The molecule has 0 spiro atoms. The molecule has 2 aromatic heterocycles. The maximum atomic E-state index is 12.8. The van der Waals surface area contributed by atoms with E-state index in [0.29, 0.717) is 22.1 Å². The highest BCUT2D eigenvalue weighted by molar-refractivity contribution is 7.19. The first-order chi connectivity index (χ1) is 15.2. The lowest BCUT2D eigenvalue weighted by Gasteiger charge is -2.04. The predicted octanol–water partition coefficient (Wildman–Crippen LogP) is 5.27. The van der Waals surface area contributed by atoms with E-state index in [2.05, 4.69) is 15.4 Å². The number of Topliss-reactive ketones (excluding diaryl/α,β-unsaturated/α-hetero) is 1. The molecule has 2 aromatic carbocycles. The molecule has 1 amide bonds. The second kappa shape index (κ2) is 8.51. The Morgan fingerprint density at radius 2 is 1.44 bits per heavy atom. The highest BCUT2D eigenvalue weighted by Gasteiger charge is 2.25. The summed E-state index contributed by atoms with van der Waals surface area (Å²) in [6.45, 7) is 7.57. The van der Waals surface area contributed by atoms with Crippen molar-refractivity contribution in [3.05, 3.63) is 76.6 Å². The lowest BCUT2D eigenvalue weighted by atomic mass is 10.0. The summed E-state index contributed by atoms with van der Waals surface area (Å²) >= 11 is 1.36. The van der Waals surface area contributed by atoms with Gasteiger partial charge in [0.15, 0.2) is 5.13 Å². The van der Waals surface area contributed by atoms with Gasteiger partial charge in [-0.25, -0.2) is 4.98 Å². The van der Waals surface area contributed by atoms with E-state index in [-0.39, 0.29) is 0 Å². The van der Waals surface area contributed by atoms with Crippen molar-refractivity contribution in [1.82, 2.24) is 14.8 Å². The van der Waals surface area contributed by atoms with Gasteiger partial charge in [0.1, 0.15) is 0 Å². The minimum Gasteiger partial charge on any atom is -0.295 e. The van der Waals surface area contributed by atoms with Crippen LogP contribution in [0.5, 0.6) is 0 Å². The quantitative estimate of drug-likeness (QED) is 0.336. The number of nitrogens with one attached hydrogen (secondary N) is 1. The highest BCUT2D eigenvalue weighted by Crippen LogP contribution is 2.39. The zero-order valence-corrected chi connectivity index (χ0v) is 19.5. The molecule has 162 valence electrons. The van der Waals surface area contributed by atoms with Crippen LogP contribution in [-0.2, 0) is 11.8 Å². The van der Waals surface area contributed by atoms with E-state index in [1.165, 1.54) is 11.3 Å². The number of amides is 1. The van der Waals surface area contributed by atoms with Gasteiger partial charge in [-0.05, 0) is 33.3 Å². The normalized spacial score (nSPS) is 10.9. The Morgan fingerprint density at radius 1 is 0.875 bits per heavy atom. The van der Waals surface area contributed by atoms with Crippen LogP contribution in [0.4, 0.5) is 5.13 Å². The van der Waals surface area contributed by atoms with Crippen molar-refractivity contribution in [2.75, 3.05) is 5.32 Å². The molecule has 6 nitrogen and oxygen atoms in total. The van der Waals surface area contributed by atoms with Crippen LogP contribution >= 0.6 is 11.3 Å². The van der Waals surface area contributed by atoms with Gasteiger partial charge in [0, 0.05) is 18.3 Å². The number of aromatic nitrogens is 3. The summed E-state index contributed by atoms with van der Waals surface area (Å²) in [6, 6.07) is 16.3. The molecule has 2 heterocycles. The molecule has 0 aliphatic rings. The molecule has 0 saturated carbocycles. The summed E-state index contributed by atoms with van der Waals surface area (Å²) in [7, 11) is 1.75. The maximum Gasteiger partial charge on any atom is 0.298 e. The molecule has 0 fully saturated rings. The van der Waals surface area contributed by atoms with E-state index in [9.17, 15) is 9.59 Å². The number of rotatable bonds is 5. The molecule has 0 aliphatic carbocycles. The molecule has 4 rings (SSSR count). The van der Waals surface area contributed by atoms with E-state index in [1.807, 2.05) is 62.4 Å². The zero-order valence-electron chi connectivity index (χ0n) is 18.7. The monoisotopic (exact) mass is 444 g/mol. The first-order valence-electron chi connectivity index (χ1n) is 10.3. The molecule has 0 radical (unpaired) electrons. The fourth-order valence-corrected chi connectivity index (χ4v) is 4.54. The maximum absolute atomic E-state index is 12.8. The van der Waals surface area contributed by atoms with Gasteiger partial charge in [0.25, 0.3) is 11.7 Å². The van der Waals surface area contributed by atoms with Crippen molar-refractivity contribution in [3.63, 3.8) is 0 Å². The van der Waals surface area contributed by atoms with Crippen molar-refractivity contribution in [1.29, 1.82) is 0 Å². The number of hydrogen-bond acceptors (Lipinski definition) is 5. The van der Waals surface area contributed by atoms with Crippen LogP contribution in [-0.4, -0.2) is 26.5 Å². The Kier molecular flexibility index (Phi) is 5.76. The topological polar surface area (TPSA) is 76.9 Å². The predicted molar refractivity (Wildman–Crippen MR) is 128 cm³/mol. The van der Waals surface area contributed by atoms with Gasteiger partial charge in [0.05, 0.1) is 21.8 Å². The molecule has 32 heavy (non-hydrogen) atoms. The summed E-state index contributed by atoms with van der Waals surface area (Å²) in [6.07, 6.45) is 0. The lowest BCUT2D eigenvalue weighted by molar-refractivity contribution is -0.112. The van der Waals surface area contributed by atoms with Crippen LogP contribution in [0.25, 0.3) is 21.7 Å². The molecule has 4 aromatic rings. The molecule has 0 bridgehead atoms. The molecule has 0 unspecified atom stereocenters. The SMILES string of the molecule is Cc1ccc(-c2nc(NC(=O)C(=O)c3c(C)nn(C)c3C)sc2-c2ccc(C)cc2)cc1. The number of thiazole rings is 1. The number of anilines is 1. The molecular weight excluding hydrogens is 420 g/mol. The standard InChI is InChI=1S/C25H24N4O2S/c1-14-6-10-18(11-7-14)21-23(19-12-8-15(2)9-13-19)32-25(26-21)27-24(31)22(30)20-16(3)28-29(5)17(20)4/h6-13H,1-5H3,(H,26,27,31). The van der Waals surface area contributed by atoms with Gasteiger partial charge in [-0.15, -0.1) is 0 Å². The Labute approximate surface area is 190 Å². The smallest absolute Gasteiger partial charge is 0.295 e. The van der Waals surface area contributed by atoms with Crippen LogP contribution in [0.15, 0.2) is 48.5 Å². The van der Waals surface area contributed by atoms with Crippen LogP contribution < -0.4 is 5.32 Å². The Balaban J connectivity index is 1.71. The average Bonchev–Trinajstić information content (AvgIpc) is 3.28. The molecule has 0 atom stereocenters. The van der Waals surface area contributed by atoms with Gasteiger partial charge in [-0.3, -0.25) is 19.6 Å². The van der Waals surface area contributed by atoms with E-state index in [4.69, 9.17) is 0 Å². The van der Waals surface area contributed by atoms with Gasteiger partial charge < -0.3 is 0 Å². The third-order valence-electron chi connectivity index (χ3n) is 5.43. The minimum absolute atomic E-state index is 0.332. The van der Waals surface area contributed by atoms with Crippen molar-refractivity contribution in [2.45, 2.75) is 27.7 Å². The number of nitrogens with zero attached hydrogens (tertiary/aromatic N) is 3. The summed E-state index contributed by atoms with van der Waals surface area (Å²) < 4.78 is 1.60. The Bertz CT molecular complexity index is 1250. The summed E-state index contributed by atoms with van der Waals surface area (Å²) in [5.74, 6) is -1.33. The third kappa shape index (κ3) is 4.11. The van der Waals surface area contributed by atoms with E-state index < -0.39 is 11.7 Å². The summed E-state index contributed by atoms with van der Waals surface area (Å²) in [4.78, 5) is 31.2. The minimum atomic E-state index is -0.719. The summed E-state index contributed by atoms with van der Waals surface area (Å²) in [5, 5.41) is 7.33. The lowest BCUT2D eigenvalue weighted by Crippen LogP contribution is -2.23. The molecule has 0 saturated heterocycles. The number of hydrogen-bond donors (Lipinski definition) is 1. The van der Waals surface area contributed by atoms with Crippen molar-refractivity contribution >= 4 is 28.2 Å². The largest absolute Gasteiger partial charge is 0.298 e. The molecular formula is C25H24N4O2S. The van der Waals surface area contributed by atoms with Crippen LogP contribution in [0.1, 0.15) is 32.9 Å². The fraction of sp³-hybridized carbons (Fsp3) is 0.200. The van der Waals surface area contributed by atoms with Gasteiger partial charge in [-0.2, -0.15) is 5.10 Å². The summed E-state index contributed by atoms with van der Waals surface area (Å²) in [5.41, 5.74) is 6.57. The number of aryl methyl sites for hydroxylation is 4. The van der Waals surface area contributed by atoms with Crippen LogP contribution in [0, 0.1) is 27.7 Å². The molecule has 0 aliphatic heterocycles. The van der Waals surface area contributed by atoms with Crippen LogP contribution in [0.3, 0.4) is 0 Å². The van der Waals surface area contributed by atoms with Gasteiger partial charge >= 0.3 is 0 Å². The van der Waals surface area contributed by atoms with Gasteiger partial charge in [-0.1, -0.05) is 71.0 Å². The first-order valence-corrected chi connectivity index (χ1v) is 11.1. The van der Waals surface area contributed by atoms with Crippen molar-refractivity contribution < 1.29 is 9.59 Å². The number of carbonyl (C=O) groups excluding carboxylic acids is 2. The first kappa shape index (κ1) is 21.6. The third-order valence-corrected chi connectivity index (χ3v) is 6.45. The Morgan fingerprint density at radius 3 is 1.97 bits per heavy atom. The second-order valence-electron chi connectivity index (χ2n) is 7.88. The Hall–Kier alpha value is -3.58. The number of ketones is 1. The van der Waals surface area contributed by atoms with Crippen LogP contribution in [0.2, 0.25) is 0 Å². The second-order valence-corrected chi connectivity index (χ2v) is 8.88. The van der Waals surface area contributed by atoms with E-state index in [0.717, 1.165) is 32.8 Å². The highest BCUT2D eigenvalue weighted by atomic mass is 32.1. The number of carbonyl (C=O) groups is 2. The van der Waals surface area contributed by atoms with Crippen molar-refractivity contribution in [3.8, 4) is 21.7 Å². The molecule has 1 N–H and O–H groups in total. The average molecular weight is 445 g/mol. The molecule has 7 heteroatoms. The zero-order chi connectivity index (χ0) is 23.0. The fourth-order valence-electron chi connectivity index (χ4n) is 3.55. The van der Waals surface area contributed by atoms with E-state index >= 15 is 0 Å². The number of benzene rings is 2.